The number of aromatic nitrogens is 5. The standard InChI is InChI=1S/C21H23N7OS/c1-13-11-28-17(15-8-23-24-9-15)10-22-20(28)19(25-13)27-18-7-14(12-30-18)21(29)26-16-5-3-2-4-6-16/h7-12,16H,2-6H2,1H3,(H,23,24)(H,25,27)(H,26,29). The van der Waals surface area contributed by atoms with E-state index < -0.39 is 0 Å². The number of fused-ring (bicyclic) bond motifs is 1. The molecular formula is C21H23N7OS. The summed E-state index contributed by atoms with van der Waals surface area (Å²) in [4.78, 5) is 21.8. The normalized spacial score (nSPS) is 14.8. The molecule has 4 aromatic rings. The summed E-state index contributed by atoms with van der Waals surface area (Å²) in [7, 11) is 0. The van der Waals surface area contributed by atoms with Crippen molar-refractivity contribution < 1.29 is 4.79 Å². The van der Waals surface area contributed by atoms with Gasteiger partial charge in [-0.1, -0.05) is 19.3 Å². The van der Waals surface area contributed by atoms with Crippen LogP contribution < -0.4 is 10.6 Å². The van der Waals surface area contributed by atoms with Crippen molar-refractivity contribution >= 4 is 33.7 Å². The van der Waals surface area contributed by atoms with Gasteiger partial charge in [0, 0.05) is 29.4 Å². The van der Waals surface area contributed by atoms with Crippen molar-refractivity contribution in [2.24, 2.45) is 0 Å². The van der Waals surface area contributed by atoms with Crippen LogP contribution in [0.1, 0.15) is 48.2 Å². The number of rotatable bonds is 5. The number of thiophene rings is 1. The zero-order chi connectivity index (χ0) is 20.5. The van der Waals surface area contributed by atoms with Crippen molar-refractivity contribution in [3.8, 4) is 11.3 Å². The Morgan fingerprint density at radius 2 is 2.13 bits per heavy atom. The van der Waals surface area contributed by atoms with Gasteiger partial charge in [0.05, 0.1) is 34.3 Å². The number of aryl methyl sites for hydroxylation is 1. The average molecular weight is 422 g/mol. The summed E-state index contributed by atoms with van der Waals surface area (Å²) in [5.41, 5.74) is 4.15. The first-order chi connectivity index (χ1) is 14.7. The maximum absolute atomic E-state index is 12.6. The molecule has 1 amide bonds. The summed E-state index contributed by atoms with van der Waals surface area (Å²) in [6.45, 7) is 1.95. The van der Waals surface area contributed by atoms with Gasteiger partial charge in [-0.15, -0.1) is 11.3 Å². The lowest BCUT2D eigenvalue weighted by Gasteiger charge is -2.22. The molecule has 5 rings (SSSR count). The molecule has 0 atom stereocenters. The van der Waals surface area contributed by atoms with Crippen LogP contribution in [0.25, 0.3) is 16.9 Å². The van der Waals surface area contributed by atoms with Gasteiger partial charge in [-0.05, 0) is 25.8 Å². The van der Waals surface area contributed by atoms with E-state index >= 15 is 0 Å². The van der Waals surface area contributed by atoms with E-state index in [1.165, 1.54) is 30.6 Å². The van der Waals surface area contributed by atoms with Gasteiger partial charge in [-0.25, -0.2) is 9.97 Å². The van der Waals surface area contributed by atoms with Crippen molar-refractivity contribution in [2.75, 3.05) is 5.32 Å². The number of imidazole rings is 1. The Kier molecular flexibility index (Phi) is 4.96. The largest absolute Gasteiger partial charge is 0.349 e. The molecule has 1 fully saturated rings. The van der Waals surface area contributed by atoms with Gasteiger partial charge in [0.25, 0.3) is 5.91 Å². The Morgan fingerprint density at radius 3 is 2.93 bits per heavy atom. The Morgan fingerprint density at radius 1 is 1.27 bits per heavy atom. The smallest absolute Gasteiger partial charge is 0.252 e. The van der Waals surface area contributed by atoms with Gasteiger partial charge in [-0.2, -0.15) is 5.10 Å². The summed E-state index contributed by atoms with van der Waals surface area (Å²) < 4.78 is 2.00. The minimum absolute atomic E-state index is 0.00314. The van der Waals surface area contributed by atoms with Gasteiger partial charge >= 0.3 is 0 Å². The zero-order valence-corrected chi connectivity index (χ0v) is 17.5. The number of aromatic amines is 1. The quantitative estimate of drug-likeness (QED) is 0.446. The molecule has 30 heavy (non-hydrogen) atoms. The van der Waals surface area contributed by atoms with E-state index in [1.807, 2.05) is 41.4 Å². The van der Waals surface area contributed by atoms with Crippen LogP contribution in [0.2, 0.25) is 0 Å². The molecule has 0 radical (unpaired) electrons. The first kappa shape index (κ1) is 18.8. The Bertz CT molecular complexity index is 1170. The molecule has 0 saturated heterocycles. The number of nitrogens with zero attached hydrogens (tertiary/aromatic N) is 4. The summed E-state index contributed by atoms with van der Waals surface area (Å²) >= 11 is 1.49. The van der Waals surface area contributed by atoms with E-state index in [0.717, 1.165) is 40.4 Å². The first-order valence-electron chi connectivity index (χ1n) is 10.2. The fourth-order valence-corrected chi connectivity index (χ4v) is 4.73. The maximum Gasteiger partial charge on any atom is 0.252 e. The highest BCUT2D eigenvalue weighted by Gasteiger charge is 2.18. The maximum atomic E-state index is 12.6. The Balaban J connectivity index is 1.38. The molecule has 1 saturated carbocycles. The molecule has 9 heteroatoms. The van der Waals surface area contributed by atoms with Gasteiger partial charge in [0.1, 0.15) is 0 Å². The zero-order valence-electron chi connectivity index (χ0n) is 16.7. The number of carbonyl (C=O) groups excluding carboxylic acids is 1. The number of nitrogens with one attached hydrogen (secondary N) is 3. The van der Waals surface area contributed by atoms with Crippen LogP contribution in [0.15, 0.2) is 36.2 Å². The average Bonchev–Trinajstić information content (AvgIpc) is 3.49. The third kappa shape index (κ3) is 3.68. The fraction of sp³-hybridized carbons (Fsp3) is 0.333. The number of hydrogen-bond acceptors (Lipinski definition) is 6. The second-order valence-corrected chi connectivity index (χ2v) is 8.60. The molecule has 4 heterocycles. The lowest BCUT2D eigenvalue weighted by Crippen LogP contribution is -2.35. The van der Waals surface area contributed by atoms with Crippen LogP contribution in [0.3, 0.4) is 0 Å². The third-order valence-corrected chi connectivity index (χ3v) is 6.30. The lowest BCUT2D eigenvalue weighted by atomic mass is 9.95. The second kappa shape index (κ2) is 7.91. The second-order valence-electron chi connectivity index (χ2n) is 7.69. The van der Waals surface area contributed by atoms with Crippen molar-refractivity contribution in [1.29, 1.82) is 0 Å². The predicted octanol–water partition coefficient (Wildman–Crippen LogP) is 4.30. The van der Waals surface area contributed by atoms with Crippen LogP contribution in [-0.4, -0.2) is 36.5 Å². The van der Waals surface area contributed by atoms with E-state index in [0.29, 0.717) is 17.4 Å². The molecule has 0 spiro atoms. The Hall–Kier alpha value is -3.20. The SMILES string of the molecule is Cc1cn2c(-c3cn[nH]c3)cnc2c(Nc2cc(C(=O)NC3CCCCC3)cs2)n1. The molecular weight excluding hydrogens is 398 g/mol. The molecule has 8 nitrogen and oxygen atoms in total. The van der Waals surface area contributed by atoms with E-state index in [-0.39, 0.29) is 5.91 Å². The molecule has 1 aliphatic carbocycles. The van der Waals surface area contributed by atoms with E-state index in [2.05, 4.69) is 30.8 Å². The summed E-state index contributed by atoms with van der Waals surface area (Å²) in [5, 5.41) is 16.1. The summed E-state index contributed by atoms with van der Waals surface area (Å²) in [5.74, 6) is 0.655. The number of amides is 1. The molecule has 154 valence electrons. The van der Waals surface area contributed by atoms with Crippen molar-refractivity contribution in [3.05, 3.63) is 47.5 Å². The summed E-state index contributed by atoms with van der Waals surface area (Å²) in [6.07, 6.45) is 13.2. The number of carbonyl (C=O) groups is 1. The van der Waals surface area contributed by atoms with Gasteiger partial charge in [0.2, 0.25) is 0 Å². The van der Waals surface area contributed by atoms with E-state index in [1.54, 1.807) is 6.20 Å². The summed E-state index contributed by atoms with van der Waals surface area (Å²) in [6, 6.07) is 2.18. The van der Waals surface area contributed by atoms with Crippen LogP contribution in [-0.2, 0) is 0 Å². The fourth-order valence-electron chi connectivity index (χ4n) is 3.95. The molecule has 0 aliphatic heterocycles. The molecule has 3 N–H and O–H groups in total. The highest BCUT2D eigenvalue weighted by atomic mass is 32.1. The molecule has 0 unspecified atom stereocenters. The van der Waals surface area contributed by atoms with Crippen LogP contribution in [0.5, 0.6) is 0 Å². The highest BCUT2D eigenvalue weighted by molar-refractivity contribution is 7.14. The van der Waals surface area contributed by atoms with Crippen molar-refractivity contribution in [1.82, 2.24) is 29.9 Å². The van der Waals surface area contributed by atoms with Crippen LogP contribution in [0, 0.1) is 6.92 Å². The topological polar surface area (TPSA) is 100 Å². The van der Waals surface area contributed by atoms with Crippen molar-refractivity contribution in [3.63, 3.8) is 0 Å². The molecule has 0 aromatic carbocycles. The van der Waals surface area contributed by atoms with Gasteiger partial charge < -0.3 is 10.6 Å². The Labute approximate surface area is 177 Å². The third-order valence-electron chi connectivity index (χ3n) is 5.45. The highest BCUT2D eigenvalue weighted by Crippen LogP contribution is 2.29. The molecule has 0 bridgehead atoms. The van der Waals surface area contributed by atoms with Crippen LogP contribution >= 0.6 is 11.3 Å². The molecule has 1 aliphatic rings. The minimum Gasteiger partial charge on any atom is -0.349 e. The van der Waals surface area contributed by atoms with Gasteiger partial charge in [-0.3, -0.25) is 14.3 Å². The number of H-pyrrole nitrogens is 1. The van der Waals surface area contributed by atoms with Crippen molar-refractivity contribution in [2.45, 2.75) is 45.1 Å². The number of hydrogen-bond donors (Lipinski definition) is 3. The minimum atomic E-state index is -0.00314. The van der Waals surface area contributed by atoms with Gasteiger partial charge in [0.15, 0.2) is 11.5 Å². The monoisotopic (exact) mass is 421 g/mol. The molecule has 4 aromatic heterocycles. The van der Waals surface area contributed by atoms with E-state index in [4.69, 9.17) is 0 Å². The number of anilines is 2. The lowest BCUT2D eigenvalue weighted by molar-refractivity contribution is 0.0928. The van der Waals surface area contributed by atoms with Crippen LogP contribution in [0.4, 0.5) is 10.8 Å². The predicted molar refractivity (Wildman–Crippen MR) is 117 cm³/mol. The first-order valence-corrected chi connectivity index (χ1v) is 11.1. The van der Waals surface area contributed by atoms with E-state index in [9.17, 15) is 4.79 Å².